The molecule has 0 radical (unpaired) electrons. The topological polar surface area (TPSA) is 124 Å². The minimum atomic E-state index is -0.694. The second-order valence-electron chi connectivity index (χ2n) is 6.93. The van der Waals surface area contributed by atoms with Crippen molar-refractivity contribution in [2.24, 2.45) is 5.73 Å². The van der Waals surface area contributed by atoms with Gasteiger partial charge in [0, 0.05) is 7.05 Å². The van der Waals surface area contributed by atoms with Crippen molar-refractivity contribution in [1.82, 2.24) is 14.9 Å². The van der Waals surface area contributed by atoms with Crippen LogP contribution in [-0.2, 0) is 4.79 Å². The maximum absolute atomic E-state index is 13.5. The molecule has 3 rings (SSSR count). The van der Waals surface area contributed by atoms with Crippen molar-refractivity contribution in [2.45, 2.75) is 31.7 Å². The van der Waals surface area contributed by atoms with Gasteiger partial charge >= 0.3 is 0 Å². The molecule has 1 aliphatic carbocycles. The summed E-state index contributed by atoms with van der Waals surface area (Å²) in [6.45, 7) is 5.60. The number of carbonyl (C=O) groups excluding carboxylic acids is 2. The van der Waals surface area contributed by atoms with E-state index in [9.17, 15) is 14.0 Å². The summed E-state index contributed by atoms with van der Waals surface area (Å²) in [6, 6.07) is 4.72. The maximum Gasteiger partial charge on any atom is 0.251 e. The number of nitrogens with zero attached hydrogens (tertiary/aromatic N) is 3. The van der Waals surface area contributed by atoms with Gasteiger partial charge in [0.25, 0.3) is 5.91 Å². The lowest BCUT2D eigenvalue weighted by Gasteiger charge is -2.23. The number of primary amides is 1. The van der Waals surface area contributed by atoms with Gasteiger partial charge in [0.2, 0.25) is 5.91 Å². The van der Waals surface area contributed by atoms with E-state index in [0.29, 0.717) is 23.8 Å². The number of anilines is 1. The van der Waals surface area contributed by atoms with Gasteiger partial charge in [-0.05, 0) is 43.4 Å². The average molecular weight is 415 g/mol. The van der Waals surface area contributed by atoms with Crippen LogP contribution < -0.4 is 16.2 Å². The minimum absolute atomic E-state index is 0.00407. The van der Waals surface area contributed by atoms with E-state index in [2.05, 4.69) is 16.5 Å². The summed E-state index contributed by atoms with van der Waals surface area (Å²) in [5.41, 5.74) is 11.3. The first-order chi connectivity index (χ1) is 14.3. The number of nitrogen functional groups attached to an aromatic ring is 1. The molecule has 30 heavy (non-hydrogen) atoms. The average Bonchev–Trinajstić information content (AvgIpc) is 3.57. The second-order valence-corrected chi connectivity index (χ2v) is 6.93. The Kier molecular flexibility index (Phi) is 7.85. The lowest BCUT2D eigenvalue weighted by molar-refractivity contribution is -0.127. The fraction of sp³-hybridized carbons (Fsp3) is 0.333. The van der Waals surface area contributed by atoms with Crippen LogP contribution in [0.4, 0.5) is 10.2 Å². The Labute approximate surface area is 174 Å². The third-order valence-electron chi connectivity index (χ3n) is 4.68. The van der Waals surface area contributed by atoms with Crippen LogP contribution in [0.2, 0.25) is 0 Å². The summed E-state index contributed by atoms with van der Waals surface area (Å²) >= 11 is 0. The number of carbonyl (C=O) groups is 2. The predicted octanol–water partition coefficient (Wildman–Crippen LogP) is 2.27. The van der Waals surface area contributed by atoms with E-state index in [1.54, 1.807) is 19.2 Å². The Morgan fingerprint density at radius 2 is 2.13 bits per heavy atom. The molecule has 1 aromatic heterocycles. The summed E-state index contributed by atoms with van der Waals surface area (Å²) < 4.78 is 18.9. The van der Waals surface area contributed by atoms with Crippen LogP contribution in [0.3, 0.4) is 0 Å². The zero-order valence-electron chi connectivity index (χ0n) is 17.0. The number of benzene rings is 1. The summed E-state index contributed by atoms with van der Waals surface area (Å²) in [5, 5.41) is 0. The van der Waals surface area contributed by atoms with Gasteiger partial charge in [0.1, 0.15) is 18.8 Å². The van der Waals surface area contributed by atoms with E-state index < -0.39 is 11.7 Å². The molecular formula is C21H26FN5O3. The van der Waals surface area contributed by atoms with Crippen LogP contribution in [0.5, 0.6) is 5.75 Å². The quantitative estimate of drug-likeness (QED) is 0.669. The second kappa shape index (κ2) is 10.3. The molecule has 4 N–H and O–H groups in total. The van der Waals surface area contributed by atoms with E-state index in [1.807, 2.05) is 6.92 Å². The van der Waals surface area contributed by atoms with Crippen LogP contribution in [0.15, 0.2) is 43.4 Å². The van der Waals surface area contributed by atoms with Gasteiger partial charge in [-0.1, -0.05) is 18.7 Å². The molecule has 1 fully saturated rings. The van der Waals surface area contributed by atoms with E-state index in [0.717, 1.165) is 12.8 Å². The van der Waals surface area contributed by atoms with E-state index in [-0.39, 0.29) is 23.3 Å². The molecule has 0 saturated heterocycles. The number of aromatic nitrogens is 2. The van der Waals surface area contributed by atoms with Gasteiger partial charge in [-0.2, -0.15) is 0 Å². The van der Waals surface area contributed by atoms with Crippen molar-refractivity contribution in [3.05, 3.63) is 60.3 Å². The predicted molar refractivity (Wildman–Crippen MR) is 111 cm³/mol. The molecule has 1 atom stereocenters. The van der Waals surface area contributed by atoms with Gasteiger partial charge in [0.15, 0.2) is 11.6 Å². The first-order valence-corrected chi connectivity index (χ1v) is 9.41. The third-order valence-corrected chi connectivity index (χ3v) is 4.68. The molecule has 160 valence electrons. The van der Waals surface area contributed by atoms with Crippen LogP contribution in [0.25, 0.3) is 0 Å². The van der Waals surface area contributed by atoms with Gasteiger partial charge in [0.05, 0.1) is 17.8 Å². The normalized spacial score (nSPS) is 13.4. The number of rotatable bonds is 7. The molecule has 1 unspecified atom stereocenters. The third kappa shape index (κ3) is 6.00. The molecule has 2 amide bonds. The Morgan fingerprint density at radius 1 is 1.43 bits per heavy atom. The highest BCUT2D eigenvalue weighted by molar-refractivity contribution is 5.93. The van der Waals surface area contributed by atoms with Crippen LogP contribution >= 0.6 is 0 Å². The SMILES string of the molecule is C=CC(=O)N(C)C(C)COc1cncnc1N.NC(=O)c1cccc(C2CC2)c1F. The number of hydrogen-bond acceptors (Lipinski definition) is 6. The monoisotopic (exact) mass is 415 g/mol. The van der Waals surface area contributed by atoms with E-state index in [1.165, 1.54) is 29.6 Å². The highest BCUT2D eigenvalue weighted by atomic mass is 19.1. The van der Waals surface area contributed by atoms with Crippen molar-refractivity contribution < 1.29 is 18.7 Å². The van der Waals surface area contributed by atoms with Crippen molar-refractivity contribution in [3.8, 4) is 5.75 Å². The molecule has 0 bridgehead atoms. The molecule has 9 heteroatoms. The standard InChI is InChI=1S/C11H16N4O2.C10H10FNO/c1-4-10(16)15(3)8(2)6-17-9-5-13-7-14-11(9)12;11-9-7(6-4-5-6)2-1-3-8(9)10(12)13/h4-5,7-8H,1,6H2,2-3H3,(H2,12,13,14);1-3,6H,4-5H2,(H2,12,13). The largest absolute Gasteiger partial charge is 0.486 e. The smallest absolute Gasteiger partial charge is 0.251 e. The van der Waals surface area contributed by atoms with Gasteiger partial charge in [-0.15, -0.1) is 0 Å². The lowest BCUT2D eigenvalue weighted by Crippen LogP contribution is -2.37. The summed E-state index contributed by atoms with van der Waals surface area (Å²) in [7, 11) is 1.68. The number of ether oxygens (including phenoxy) is 1. The number of nitrogens with two attached hydrogens (primary N) is 2. The zero-order chi connectivity index (χ0) is 22.3. The summed E-state index contributed by atoms with van der Waals surface area (Å²) in [5.74, 6) is -0.279. The molecular weight excluding hydrogens is 389 g/mol. The van der Waals surface area contributed by atoms with Crippen LogP contribution in [0, 0.1) is 5.82 Å². The van der Waals surface area contributed by atoms with E-state index in [4.69, 9.17) is 16.2 Å². The van der Waals surface area contributed by atoms with Crippen molar-refractivity contribution >= 4 is 17.6 Å². The zero-order valence-corrected chi connectivity index (χ0v) is 17.0. The molecule has 2 aromatic rings. The number of hydrogen-bond donors (Lipinski definition) is 2. The number of likely N-dealkylation sites (N-methyl/N-ethyl adjacent to an activating group) is 1. The first-order valence-electron chi connectivity index (χ1n) is 9.41. The van der Waals surface area contributed by atoms with Crippen LogP contribution in [0.1, 0.15) is 41.6 Å². The fourth-order valence-corrected chi connectivity index (χ4v) is 2.57. The Morgan fingerprint density at radius 3 is 2.70 bits per heavy atom. The summed E-state index contributed by atoms with van der Waals surface area (Å²) in [6.07, 6.45) is 6.12. The molecule has 1 heterocycles. The highest BCUT2D eigenvalue weighted by Gasteiger charge is 2.28. The van der Waals surface area contributed by atoms with Crippen molar-refractivity contribution in [3.63, 3.8) is 0 Å². The van der Waals surface area contributed by atoms with Crippen molar-refractivity contribution in [1.29, 1.82) is 0 Å². The Hall–Kier alpha value is -3.49. The molecule has 8 nitrogen and oxygen atoms in total. The molecule has 0 aliphatic heterocycles. The van der Waals surface area contributed by atoms with Gasteiger partial charge in [-0.25, -0.2) is 14.4 Å². The Balaban J connectivity index is 0.000000220. The van der Waals surface area contributed by atoms with E-state index >= 15 is 0 Å². The first kappa shape index (κ1) is 22.8. The fourth-order valence-electron chi connectivity index (χ4n) is 2.57. The van der Waals surface area contributed by atoms with Crippen LogP contribution in [-0.4, -0.2) is 46.4 Å². The maximum atomic E-state index is 13.5. The highest BCUT2D eigenvalue weighted by Crippen LogP contribution is 2.41. The Bertz CT molecular complexity index is 917. The van der Waals surface area contributed by atoms with Gasteiger partial charge in [-0.3, -0.25) is 9.59 Å². The molecule has 1 saturated carbocycles. The van der Waals surface area contributed by atoms with Gasteiger partial charge < -0.3 is 21.1 Å². The lowest BCUT2D eigenvalue weighted by atomic mass is 10.1. The number of amides is 2. The summed E-state index contributed by atoms with van der Waals surface area (Å²) in [4.78, 5) is 31.3. The molecule has 1 aromatic carbocycles. The number of halogens is 1. The minimum Gasteiger partial charge on any atom is -0.486 e. The van der Waals surface area contributed by atoms with Crippen molar-refractivity contribution in [2.75, 3.05) is 19.4 Å². The molecule has 1 aliphatic rings. The molecule has 0 spiro atoms.